The molecule has 0 aliphatic carbocycles. The Labute approximate surface area is 170 Å². The van der Waals surface area contributed by atoms with E-state index in [1.807, 2.05) is 24.9 Å². The largest absolute Gasteiger partial charge is 0.357 e. The summed E-state index contributed by atoms with van der Waals surface area (Å²) in [6.07, 6.45) is 1.49. The number of rotatable bonds is 6. The minimum absolute atomic E-state index is 0. The number of benzene rings is 1. The van der Waals surface area contributed by atoms with Gasteiger partial charge in [-0.3, -0.25) is 19.5 Å². The molecule has 1 aromatic carbocycles. The summed E-state index contributed by atoms with van der Waals surface area (Å²) >= 11 is 0. The van der Waals surface area contributed by atoms with Gasteiger partial charge in [-0.05, 0) is 31.0 Å². The second-order valence-corrected chi connectivity index (χ2v) is 6.01. The van der Waals surface area contributed by atoms with Crippen molar-refractivity contribution in [1.82, 2.24) is 15.1 Å². The molecule has 0 bridgehead atoms. The van der Waals surface area contributed by atoms with Crippen LogP contribution in [0.1, 0.15) is 31.7 Å². The molecule has 6 nitrogen and oxygen atoms in total. The van der Waals surface area contributed by atoms with Gasteiger partial charge < -0.3 is 10.2 Å². The Hall–Kier alpha value is -1.71. The fourth-order valence-electron chi connectivity index (χ4n) is 2.76. The van der Waals surface area contributed by atoms with E-state index in [0.29, 0.717) is 51.4 Å². The molecule has 0 radical (unpaired) electrons. The van der Waals surface area contributed by atoms with Crippen molar-refractivity contribution in [2.24, 2.45) is 4.99 Å². The van der Waals surface area contributed by atoms with E-state index >= 15 is 0 Å². The number of carbonyl (C=O) groups excluding carboxylic acids is 2. The average Bonchev–Trinajstić information content (AvgIpc) is 2.56. The molecule has 26 heavy (non-hydrogen) atoms. The highest BCUT2D eigenvalue weighted by Crippen LogP contribution is 2.11. The lowest BCUT2D eigenvalue weighted by Gasteiger charge is -2.25. The number of carbonyl (C=O) groups is 2. The minimum Gasteiger partial charge on any atom is -0.357 e. The highest BCUT2D eigenvalue weighted by Gasteiger charge is 2.25. The maximum absolute atomic E-state index is 13.3. The SMILES string of the molecule is CCNC(=NCCN1C(=O)CCCC1=O)N(C)Cc1cccc(F)c1.I. The van der Waals surface area contributed by atoms with E-state index in [1.54, 1.807) is 6.07 Å². The van der Waals surface area contributed by atoms with Gasteiger partial charge in [-0.15, -0.1) is 24.0 Å². The first-order chi connectivity index (χ1) is 12.0. The third kappa shape index (κ3) is 6.54. The predicted octanol–water partition coefficient (Wildman–Crippen LogP) is 2.38. The number of guanidine groups is 1. The third-order valence-corrected chi connectivity index (χ3v) is 3.97. The van der Waals surface area contributed by atoms with Crippen molar-refractivity contribution in [3.8, 4) is 0 Å². The van der Waals surface area contributed by atoms with Crippen molar-refractivity contribution >= 4 is 41.8 Å². The fraction of sp³-hybridized carbons (Fsp3) is 0.500. The summed E-state index contributed by atoms with van der Waals surface area (Å²) in [5.41, 5.74) is 0.842. The van der Waals surface area contributed by atoms with Gasteiger partial charge in [0.2, 0.25) is 11.8 Å². The van der Waals surface area contributed by atoms with Crippen LogP contribution in [0.15, 0.2) is 29.3 Å². The number of piperidine rings is 1. The number of aliphatic imine (C=N–C) groups is 1. The molecule has 0 aromatic heterocycles. The first kappa shape index (κ1) is 22.3. The van der Waals surface area contributed by atoms with Crippen molar-refractivity contribution in [3.05, 3.63) is 35.6 Å². The molecule has 1 aromatic rings. The van der Waals surface area contributed by atoms with Gasteiger partial charge in [0.05, 0.1) is 6.54 Å². The monoisotopic (exact) mass is 476 g/mol. The van der Waals surface area contributed by atoms with E-state index in [9.17, 15) is 14.0 Å². The van der Waals surface area contributed by atoms with Crippen LogP contribution < -0.4 is 5.32 Å². The lowest BCUT2D eigenvalue weighted by atomic mass is 10.1. The summed E-state index contributed by atoms with van der Waals surface area (Å²) in [5.74, 6) is 0.146. The molecule has 1 fully saturated rings. The van der Waals surface area contributed by atoms with E-state index in [0.717, 1.165) is 5.56 Å². The molecule has 8 heteroatoms. The summed E-state index contributed by atoms with van der Waals surface area (Å²) in [7, 11) is 1.86. The minimum atomic E-state index is -0.269. The summed E-state index contributed by atoms with van der Waals surface area (Å²) in [6, 6.07) is 6.44. The van der Waals surface area contributed by atoms with Crippen molar-refractivity contribution in [2.45, 2.75) is 32.7 Å². The molecule has 144 valence electrons. The van der Waals surface area contributed by atoms with Crippen LogP contribution in [0.4, 0.5) is 4.39 Å². The first-order valence-corrected chi connectivity index (χ1v) is 8.58. The zero-order chi connectivity index (χ0) is 18.2. The Morgan fingerprint density at radius 1 is 1.31 bits per heavy atom. The smallest absolute Gasteiger partial charge is 0.229 e. The van der Waals surface area contributed by atoms with Crippen LogP contribution in [0.5, 0.6) is 0 Å². The first-order valence-electron chi connectivity index (χ1n) is 8.58. The van der Waals surface area contributed by atoms with Crippen LogP contribution in [0.2, 0.25) is 0 Å². The van der Waals surface area contributed by atoms with E-state index in [2.05, 4.69) is 10.3 Å². The highest BCUT2D eigenvalue weighted by atomic mass is 127. The molecule has 1 N–H and O–H groups in total. The van der Waals surface area contributed by atoms with Gasteiger partial charge in [-0.25, -0.2) is 4.39 Å². The summed E-state index contributed by atoms with van der Waals surface area (Å²) in [4.78, 5) is 31.3. The number of nitrogens with zero attached hydrogens (tertiary/aromatic N) is 3. The number of nitrogens with one attached hydrogen (secondary N) is 1. The molecule has 1 aliphatic rings. The van der Waals surface area contributed by atoms with Crippen LogP contribution in [0, 0.1) is 5.82 Å². The second-order valence-electron chi connectivity index (χ2n) is 6.01. The Kier molecular flexibility index (Phi) is 9.53. The summed E-state index contributed by atoms with van der Waals surface area (Å²) in [5, 5.41) is 3.17. The molecular weight excluding hydrogens is 450 g/mol. The number of amides is 2. The van der Waals surface area contributed by atoms with Gasteiger partial charge in [0, 0.05) is 39.5 Å². The van der Waals surface area contributed by atoms with E-state index < -0.39 is 0 Å². The maximum atomic E-state index is 13.3. The van der Waals surface area contributed by atoms with Crippen molar-refractivity contribution < 1.29 is 14.0 Å². The van der Waals surface area contributed by atoms with E-state index in [1.165, 1.54) is 17.0 Å². The number of hydrogen-bond donors (Lipinski definition) is 1. The Bertz CT molecular complexity index is 638. The summed E-state index contributed by atoms with van der Waals surface area (Å²) in [6.45, 7) is 3.79. The predicted molar refractivity (Wildman–Crippen MR) is 110 cm³/mol. The van der Waals surface area contributed by atoms with Crippen LogP contribution in [-0.2, 0) is 16.1 Å². The van der Waals surface area contributed by atoms with Gasteiger partial charge in [-0.1, -0.05) is 12.1 Å². The lowest BCUT2D eigenvalue weighted by Crippen LogP contribution is -2.42. The van der Waals surface area contributed by atoms with Crippen LogP contribution >= 0.6 is 24.0 Å². The molecule has 2 amide bonds. The fourth-order valence-corrected chi connectivity index (χ4v) is 2.76. The number of hydrogen-bond acceptors (Lipinski definition) is 3. The lowest BCUT2D eigenvalue weighted by molar-refractivity contribution is -0.147. The van der Waals surface area contributed by atoms with Gasteiger partial charge in [0.25, 0.3) is 0 Å². The Balaban J connectivity index is 0.00000338. The van der Waals surface area contributed by atoms with Gasteiger partial charge in [0.15, 0.2) is 5.96 Å². The molecular formula is C18H26FIN4O2. The van der Waals surface area contributed by atoms with E-state index in [-0.39, 0.29) is 41.6 Å². The molecule has 0 saturated carbocycles. The molecule has 0 atom stereocenters. The Morgan fingerprint density at radius 3 is 2.62 bits per heavy atom. The summed E-state index contributed by atoms with van der Waals surface area (Å²) < 4.78 is 13.3. The zero-order valence-electron chi connectivity index (χ0n) is 15.2. The Morgan fingerprint density at radius 2 is 2.00 bits per heavy atom. The van der Waals surface area contributed by atoms with Crippen LogP contribution in [0.3, 0.4) is 0 Å². The topological polar surface area (TPSA) is 65.0 Å². The maximum Gasteiger partial charge on any atom is 0.229 e. The molecule has 0 unspecified atom stereocenters. The standard InChI is InChI=1S/C18H25FN4O2.HI/c1-3-20-18(22(2)13-14-6-4-7-15(19)12-14)21-10-11-23-16(24)8-5-9-17(23)25;/h4,6-7,12H,3,5,8-11,13H2,1-2H3,(H,20,21);1H. The molecule has 1 aliphatic heterocycles. The van der Waals surface area contributed by atoms with Crippen LogP contribution in [-0.4, -0.2) is 54.3 Å². The third-order valence-electron chi connectivity index (χ3n) is 3.97. The quantitative estimate of drug-likeness (QED) is 0.297. The molecule has 0 spiro atoms. The average molecular weight is 476 g/mol. The van der Waals surface area contributed by atoms with Crippen molar-refractivity contribution in [1.29, 1.82) is 0 Å². The molecule has 1 saturated heterocycles. The highest BCUT2D eigenvalue weighted by molar-refractivity contribution is 14.0. The molecule has 2 rings (SSSR count). The number of likely N-dealkylation sites (tertiary alicyclic amines) is 1. The number of imide groups is 1. The van der Waals surface area contributed by atoms with Crippen LogP contribution in [0.25, 0.3) is 0 Å². The van der Waals surface area contributed by atoms with E-state index in [4.69, 9.17) is 0 Å². The normalized spacial score (nSPS) is 14.9. The van der Waals surface area contributed by atoms with Gasteiger partial charge >= 0.3 is 0 Å². The zero-order valence-corrected chi connectivity index (χ0v) is 17.5. The second kappa shape index (κ2) is 11.1. The van der Waals surface area contributed by atoms with Gasteiger partial charge in [-0.2, -0.15) is 0 Å². The van der Waals surface area contributed by atoms with Gasteiger partial charge in [0.1, 0.15) is 5.82 Å². The van der Waals surface area contributed by atoms with Crippen molar-refractivity contribution in [3.63, 3.8) is 0 Å². The molecule has 1 heterocycles. The number of halogens is 2. The van der Waals surface area contributed by atoms with Crippen molar-refractivity contribution in [2.75, 3.05) is 26.7 Å².